The standard InChI is InChI=1S/C24H25FIN7O3/c1-12-8-18(13(12)2)22(34)29-17-6-7-20(28-11-17)21-23(32(5)31-30-21)33(26)24(35)36-15(4)19-9-16(25)10-27-14(19)3/h6-7,9-12,15H,8H2,1-5H3,(H,29,34). The van der Waals surface area contributed by atoms with Crippen LogP contribution >= 0.6 is 22.9 Å². The molecular formula is C24H25FIN7O3. The molecule has 3 aromatic rings. The zero-order chi connectivity index (χ0) is 26.1. The highest BCUT2D eigenvalue weighted by molar-refractivity contribution is 14.1. The second kappa shape index (κ2) is 10.3. The molecule has 12 heteroatoms. The number of rotatable bonds is 6. The maximum atomic E-state index is 13.6. The van der Waals surface area contributed by atoms with E-state index in [0.29, 0.717) is 40.1 Å². The van der Waals surface area contributed by atoms with Gasteiger partial charge in [-0.05, 0) is 51.3 Å². The fraction of sp³-hybridized carbons (Fsp3) is 0.333. The first-order valence-corrected chi connectivity index (χ1v) is 12.2. The van der Waals surface area contributed by atoms with Crippen molar-refractivity contribution in [2.24, 2.45) is 13.0 Å². The first-order valence-electron chi connectivity index (χ1n) is 11.2. The van der Waals surface area contributed by atoms with Gasteiger partial charge in [-0.2, -0.15) is 3.11 Å². The molecule has 1 N–H and O–H groups in total. The van der Waals surface area contributed by atoms with Crippen LogP contribution in [0.3, 0.4) is 0 Å². The summed E-state index contributed by atoms with van der Waals surface area (Å²) in [6, 6.07) is 4.70. The van der Waals surface area contributed by atoms with Crippen molar-refractivity contribution in [1.29, 1.82) is 0 Å². The highest BCUT2D eigenvalue weighted by Gasteiger charge is 2.28. The molecular weight excluding hydrogens is 580 g/mol. The third-order valence-electron chi connectivity index (χ3n) is 6.22. The second-order valence-corrected chi connectivity index (χ2v) is 9.64. The molecule has 1 aliphatic carbocycles. The molecule has 0 aromatic carbocycles. The number of allylic oxidation sites excluding steroid dienone is 1. The highest BCUT2D eigenvalue weighted by Crippen LogP contribution is 2.35. The molecule has 0 spiro atoms. The smallest absolute Gasteiger partial charge is 0.425 e. The van der Waals surface area contributed by atoms with Gasteiger partial charge in [0.25, 0.3) is 5.91 Å². The molecule has 0 saturated heterocycles. The van der Waals surface area contributed by atoms with Gasteiger partial charge in [0.15, 0.2) is 11.5 Å². The SMILES string of the molecule is CC1=C(C(=O)Nc2ccc(-c3nnn(C)c3N(I)C(=O)OC(C)c3cc(F)cnc3C)nc2)CC1C. The van der Waals surface area contributed by atoms with E-state index in [0.717, 1.165) is 23.8 Å². The third-order valence-corrected chi connectivity index (χ3v) is 7.07. The fourth-order valence-corrected chi connectivity index (χ4v) is 4.55. The lowest BCUT2D eigenvalue weighted by atomic mass is 9.79. The number of nitrogens with one attached hydrogen (secondary N) is 1. The summed E-state index contributed by atoms with van der Waals surface area (Å²) in [5, 5.41) is 11.0. The van der Waals surface area contributed by atoms with Crippen LogP contribution in [0.4, 0.5) is 20.7 Å². The molecule has 0 aliphatic heterocycles. The Labute approximate surface area is 221 Å². The van der Waals surface area contributed by atoms with Crippen LogP contribution in [-0.4, -0.2) is 37.0 Å². The van der Waals surface area contributed by atoms with Gasteiger partial charge < -0.3 is 10.1 Å². The molecule has 2 atom stereocenters. The summed E-state index contributed by atoms with van der Waals surface area (Å²) in [7, 11) is 1.64. The first-order chi connectivity index (χ1) is 17.1. The number of ether oxygens (including phenoxy) is 1. The number of halogens is 2. The maximum Gasteiger partial charge on any atom is 0.425 e. The Kier molecular flexibility index (Phi) is 7.33. The van der Waals surface area contributed by atoms with E-state index < -0.39 is 18.0 Å². The van der Waals surface area contributed by atoms with Crippen molar-refractivity contribution < 1.29 is 18.7 Å². The number of carbonyl (C=O) groups is 2. The van der Waals surface area contributed by atoms with Gasteiger partial charge in [0, 0.05) is 23.9 Å². The minimum atomic E-state index is -0.735. The number of aryl methyl sites for hydroxylation is 2. The molecule has 0 radical (unpaired) electrons. The predicted octanol–water partition coefficient (Wildman–Crippen LogP) is 5.07. The van der Waals surface area contributed by atoms with Gasteiger partial charge in [-0.3, -0.25) is 14.8 Å². The van der Waals surface area contributed by atoms with E-state index >= 15 is 0 Å². The Morgan fingerprint density at radius 2 is 2.03 bits per heavy atom. The van der Waals surface area contributed by atoms with Crippen LogP contribution in [0.15, 0.2) is 41.7 Å². The Hall–Kier alpha value is -3.42. The van der Waals surface area contributed by atoms with E-state index in [2.05, 4.69) is 32.5 Å². The molecule has 1 aliphatic rings. The minimum Gasteiger partial charge on any atom is -0.441 e. The number of hydrogen-bond donors (Lipinski definition) is 1. The Morgan fingerprint density at radius 1 is 1.28 bits per heavy atom. The molecule has 2 unspecified atom stereocenters. The quantitative estimate of drug-likeness (QED) is 0.308. The molecule has 10 nitrogen and oxygen atoms in total. The molecule has 0 fully saturated rings. The van der Waals surface area contributed by atoms with Gasteiger partial charge in [-0.1, -0.05) is 17.7 Å². The molecule has 2 amide bonds. The van der Waals surface area contributed by atoms with Crippen molar-refractivity contribution in [1.82, 2.24) is 25.0 Å². The third kappa shape index (κ3) is 5.08. The van der Waals surface area contributed by atoms with E-state index in [1.165, 1.54) is 20.1 Å². The maximum absolute atomic E-state index is 13.6. The molecule has 188 valence electrons. The van der Waals surface area contributed by atoms with Crippen molar-refractivity contribution in [2.75, 3.05) is 8.43 Å². The van der Waals surface area contributed by atoms with Crippen molar-refractivity contribution >= 4 is 46.4 Å². The summed E-state index contributed by atoms with van der Waals surface area (Å²) >= 11 is 1.80. The predicted molar refractivity (Wildman–Crippen MR) is 140 cm³/mol. The first kappa shape index (κ1) is 25.7. The van der Waals surface area contributed by atoms with Crippen molar-refractivity contribution in [3.63, 3.8) is 0 Å². The average Bonchev–Trinajstić information content (AvgIpc) is 3.24. The van der Waals surface area contributed by atoms with E-state index in [-0.39, 0.29) is 5.91 Å². The number of anilines is 2. The van der Waals surface area contributed by atoms with Gasteiger partial charge in [-0.25, -0.2) is 13.9 Å². The summed E-state index contributed by atoms with van der Waals surface area (Å²) < 4.78 is 21.9. The Morgan fingerprint density at radius 3 is 2.67 bits per heavy atom. The highest BCUT2D eigenvalue weighted by atomic mass is 127. The molecule has 0 bridgehead atoms. The largest absolute Gasteiger partial charge is 0.441 e. The van der Waals surface area contributed by atoms with Crippen LogP contribution in [-0.2, 0) is 16.6 Å². The van der Waals surface area contributed by atoms with Crippen molar-refractivity contribution in [3.05, 3.63) is 58.8 Å². The van der Waals surface area contributed by atoms with Gasteiger partial charge in [0.1, 0.15) is 11.9 Å². The summed E-state index contributed by atoms with van der Waals surface area (Å²) in [5.41, 5.74) is 4.30. The second-order valence-electron chi connectivity index (χ2n) is 8.67. The Balaban J connectivity index is 1.50. The molecule has 3 heterocycles. The van der Waals surface area contributed by atoms with Crippen LogP contribution < -0.4 is 8.43 Å². The van der Waals surface area contributed by atoms with Crippen LogP contribution in [0, 0.1) is 18.7 Å². The Bertz CT molecular complexity index is 1360. The molecule has 3 aromatic heterocycles. The summed E-state index contributed by atoms with van der Waals surface area (Å²) in [6.45, 7) is 7.42. The normalized spacial score (nSPS) is 15.8. The van der Waals surface area contributed by atoms with Crippen LogP contribution in [0.2, 0.25) is 0 Å². The zero-order valence-electron chi connectivity index (χ0n) is 20.4. The number of nitrogens with zero attached hydrogens (tertiary/aromatic N) is 6. The van der Waals surface area contributed by atoms with Crippen LogP contribution in [0.1, 0.15) is 44.6 Å². The number of carbonyl (C=O) groups excluding carboxylic acids is 2. The van der Waals surface area contributed by atoms with E-state index in [4.69, 9.17) is 4.74 Å². The number of aromatic nitrogens is 5. The average molecular weight is 605 g/mol. The van der Waals surface area contributed by atoms with Gasteiger partial charge >= 0.3 is 6.09 Å². The van der Waals surface area contributed by atoms with Crippen molar-refractivity contribution in [3.8, 4) is 11.4 Å². The summed E-state index contributed by atoms with van der Waals surface area (Å²) in [5.74, 6) is 0.138. The van der Waals surface area contributed by atoms with Crippen LogP contribution in [0.25, 0.3) is 11.4 Å². The summed E-state index contributed by atoms with van der Waals surface area (Å²) in [6.07, 6.45) is 1.98. The number of hydrogen-bond acceptors (Lipinski definition) is 7. The molecule has 36 heavy (non-hydrogen) atoms. The lowest BCUT2D eigenvalue weighted by molar-refractivity contribution is -0.113. The lowest BCUT2D eigenvalue weighted by Crippen LogP contribution is -2.25. The minimum absolute atomic E-state index is 0.126. The fourth-order valence-electron chi connectivity index (χ4n) is 3.89. The van der Waals surface area contributed by atoms with E-state index in [1.807, 2.05) is 6.92 Å². The zero-order valence-corrected chi connectivity index (χ0v) is 22.6. The monoisotopic (exact) mass is 605 g/mol. The van der Waals surface area contributed by atoms with Gasteiger partial charge in [0.05, 0.1) is 46.6 Å². The number of amides is 2. The van der Waals surface area contributed by atoms with Gasteiger partial charge in [-0.15, -0.1) is 5.10 Å². The van der Waals surface area contributed by atoms with E-state index in [9.17, 15) is 14.0 Å². The summed E-state index contributed by atoms with van der Waals surface area (Å²) in [4.78, 5) is 33.8. The molecule has 0 saturated carbocycles. The van der Waals surface area contributed by atoms with Gasteiger partial charge in [0.2, 0.25) is 0 Å². The topological polar surface area (TPSA) is 115 Å². The lowest BCUT2D eigenvalue weighted by Gasteiger charge is -2.27. The van der Waals surface area contributed by atoms with Crippen LogP contribution in [0.5, 0.6) is 0 Å². The molecule has 4 rings (SSSR count). The van der Waals surface area contributed by atoms with E-state index in [1.54, 1.807) is 55.9 Å². The van der Waals surface area contributed by atoms with Crippen molar-refractivity contribution in [2.45, 2.75) is 40.2 Å². The number of pyridine rings is 2.